The zero-order valence-corrected chi connectivity index (χ0v) is 18.6. The highest BCUT2D eigenvalue weighted by Crippen LogP contribution is 2.31. The van der Waals surface area contributed by atoms with Crippen molar-refractivity contribution in [1.29, 1.82) is 0 Å². The highest BCUT2D eigenvalue weighted by molar-refractivity contribution is 5.81. The molecule has 194 valence electrons. The third-order valence-electron chi connectivity index (χ3n) is 4.43. The van der Waals surface area contributed by atoms with Gasteiger partial charge in [0.15, 0.2) is 0 Å². The molecule has 2 rings (SSSR count). The van der Waals surface area contributed by atoms with Gasteiger partial charge in [0.2, 0.25) is 0 Å². The number of carboxylic acid groups (broad SMARTS) is 4. The lowest BCUT2D eigenvalue weighted by molar-refractivity contribution is -0.138. The molecule has 0 aliphatic carbocycles. The number of hydrogen-bond donors (Lipinski definition) is 4. The van der Waals surface area contributed by atoms with Crippen LogP contribution in [0.15, 0.2) is 36.4 Å². The zero-order valence-electron chi connectivity index (χ0n) is 18.6. The minimum atomic E-state index is -1.33. The fraction of sp³-hybridized carbons (Fsp3) is 0.273. The number of rotatable bonds is 15. The summed E-state index contributed by atoms with van der Waals surface area (Å²) in [4.78, 5) is 46.4. The summed E-state index contributed by atoms with van der Waals surface area (Å²) < 4.78 is 38.5. The van der Waals surface area contributed by atoms with Crippen molar-refractivity contribution in [2.24, 2.45) is 0 Å². The number of aliphatic carboxylic acids is 4. The molecule has 0 atom stereocenters. The largest absolute Gasteiger partial charge is 0.488 e. The van der Waals surface area contributed by atoms with E-state index in [1.165, 1.54) is 0 Å². The van der Waals surface area contributed by atoms with E-state index in [0.717, 1.165) is 46.2 Å². The first-order valence-corrected chi connectivity index (χ1v) is 10.2. The standard InChI is InChI=1S/C22H22F2N2O10/c23-13-1-3-15(25(9-19(27)28)10-20(29)30)17(7-13)35-5-6-36-18-8-14(24)2-4-16(18)26(11-21(31)32)12-22(33)34/h1-4,7-8H,5-6,9-12H2,(H,27,28)(H,29,30)(H,31,32)(H,33,34)/i23+0,24+0. The molecule has 0 bridgehead atoms. The second-order valence-electron chi connectivity index (χ2n) is 7.21. The van der Waals surface area contributed by atoms with Crippen LogP contribution in [0.5, 0.6) is 11.5 Å². The summed E-state index contributed by atoms with van der Waals surface area (Å²) in [5, 5.41) is 36.3. The first kappa shape index (κ1) is 27.6. The smallest absolute Gasteiger partial charge is 0.323 e. The maximum atomic E-state index is 13.8. The highest BCUT2D eigenvalue weighted by atomic mass is 19.1. The number of nitrogens with zero attached hydrogens (tertiary/aromatic N) is 2. The lowest BCUT2D eigenvalue weighted by atomic mass is 10.2. The lowest BCUT2D eigenvalue weighted by Crippen LogP contribution is -2.35. The first-order chi connectivity index (χ1) is 17.0. The Morgan fingerprint density at radius 2 is 0.917 bits per heavy atom. The predicted molar refractivity (Wildman–Crippen MR) is 119 cm³/mol. The number of carboxylic acids is 4. The van der Waals surface area contributed by atoms with Gasteiger partial charge in [0.25, 0.3) is 0 Å². The van der Waals surface area contributed by atoms with Gasteiger partial charge < -0.3 is 39.7 Å². The van der Waals surface area contributed by atoms with Crippen molar-refractivity contribution in [2.45, 2.75) is 0 Å². The van der Waals surface area contributed by atoms with Gasteiger partial charge in [-0.3, -0.25) is 19.2 Å². The van der Waals surface area contributed by atoms with Crippen LogP contribution in [0.25, 0.3) is 0 Å². The van der Waals surface area contributed by atoms with Crippen LogP contribution < -0.4 is 19.3 Å². The van der Waals surface area contributed by atoms with Crippen LogP contribution in [0.1, 0.15) is 0 Å². The van der Waals surface area contributed by atoms with Gasteiger partial charge >= 0.3 is 23.9 Å². The molecule has 14 heteroatoms. The molecule has 4 N–H and O–H groups in total. The number of ether oxygens (including phenoxy) is 2. The summed E-state index contributed by atoms with van der Waals surface area (Å²) in [5.74, 6) is -7.18. The molecule has 36 heavy (non-hydrogen) atoms. The van der Waals surface area contributed by atoms with Gasteiger partial charge in [-0.2, -0.15) is 0 Å². The summed E-state index contributed by atoms with van der Waals surface area (Å²) in [5.41, 5.74) is -0.0246. The van der Waals surface area contributed by atoms with E-state index >= 15 is 0 Å². The molecule has 0 heterocycles. The van der Waals surface area contributed by atoms with Crippen LogP contribution in [0, 0.1) is 11.6 Å². The molecule has 12 nitrogen and oxygen atoms in total. The minimum Gasteiger partial charge on any atom is -0.488 e. The lowest BCUT2D eigenvalue weighted by Gasteiger charge is -2.24. The SMILES string of the molecule is O=C(O)CN(CC(=O)O)c1ccc([19F])cc1OCCOc1cc([19F])ccc1N(CC(=O)O)CC(=O)O. The molecule has 0 saturated heterocycles. The Balaban J connectivity index is 2.19. The summed E-state index contributed by atoms with van der Waals surface area (Å²) in [7, 11) is 0. The second kappa shape index (κ2) is 12.7. The van der Waals surface area contributed by atoms with E-state index in [1.807, 2.05) is 0 Å². The molecular formula is C22H22F2N2O10. The summed E-state index contributed by atoms with van der Waals surface area (Å²) in [6, 6.07) is 6.12. The van der Waals surface area contributed by atoms with Crippen LogP contribution in [0.2, 0.25) is 0 Å². The van der Waals surface area contributed by atoms with E-state index in [1.54, 1.807) is 0 Å². The quantitative estimate of drug-likeness (QED) is 0.253. The number of benzene rings is 2. The summed E-state index contributed by atoms with van der Waals surface area (Å²) in [6.07, 6.45) is 0. The van der Waals surface area contributed by atoms with Crippen molar-refractivity contribution < 1.29 is 57.9 Å². The fourth-order valence-corrected chi connectivity index (χ4v) is 3.14. The predicted octanol–water partition coefficient (Wildman–Crippen LogP) is 1.37. The van der Waals surface area contributed by atoms with Gasteiger partial charge in [-0.15, -0.1) is 0 Å². The average molecular weight is 512 g/mol. The number of halogens is 2. The molecule has 2 aromatic carbocycles. The van der Waals surface area contributed by atoms with Crippen molar-refractivity contribution in [1.82, 2.24) is 0 Å². The maximum absolute atomic E-state index is 13.8. The Kier molecular flexibility index (Phi) is 9.77. The molecule has 0 aliphatic heterocycles. The fourth-order valence-electron chi connectivity index (χ4n) is 3.14. The van der Waals surface area contributed by atoms with E-state index < -0.39 is 61.7 Å². The molecule has 0 aromatic heterocycles. The molecule has 2 aromatic rings. The molecule has 0 unspecified atom stereocenters. The van der Waals surface area contributed by atoms with E-state index in [-0.39, 0.29) is 36.1 Å². The Hall–Kier alpha value is -4.62. The van der Waals surface area contributed by atoms with Crippen molar-refractivity contribution in [3.05, 3.63) is 48.0 Å². The molecule has 0 fully saturated rings. The molecule has 0 aliphatic rings. The van der Waals surface area contributed by atoms with Crippen LogP contribution in [0.4, 0.5) is 20.2 Å². The van der Waals surface area contributed by atoms with Gasteiger partial charge in [-0.05, 0) is 24.3 Å². The van der Waals surface area contributed by atoms with Crippen molar-refractivity contribution in [3.8, 4) is 11.5 Å². The number of hydrogen-bond acceptors (Lipinski definition) is 8. The molecule has 0 saturated carbocycles. The van der Waals surface area contributed by atoms with Gasteiger partial charge in [0.1, 0.15) is 62.5 Å². The second-order valence-corrected chi connectivity index (χ2v) is 7.21. The zero-order chi connectivity index (χ0) is 26.8. The van der Waals surface area contributed by atoms with Crippen molar-refractivity contribution in [3.63, 3.8) is 0 Å². The van der Waals surface area contributed by atoms with E-state index in [4.69, 9.17) is 29.9 Å². The van der Waals surface area contributed by atoms with E-state index in [0.29, 0.717) is 0 Å². The van der Waals surface area contributed by atoms with Gasteiger partial charge in [-0.25, -0.2) is 8.78 Å². The Labute approximate surface area is 202 Å². The van der Waals surface area contributed by atoms with Crippen LogP contribution in [0.3, 0.4) is 0 Å². The van der Waals surface area contributed by atoms with Gasteiger partial charge in [-0.1, -0.05) is 0 Å². The number of carbonyl (C=O) groups is 4. The topological polar surface area (TPSA) is 174 Å². The normalized spacial score (nSPS) is 10.4. The summed E-state index contributed by atoms with van der Waals surface area (Å²) >= 11 is 0. The third-order valence-corrected chi connectivity index (χ3v) is 4.43. The van der Waals surface area contributed by atoms with E-state index in [9.17, 15) is 28.0 Å². The Morgan fingerprint density at radius 1 is 0.611 bits per heavy atom. The third kappa shape index (κ3) is 8.62. The van der Waals surface area contributed by atoms with E-state index in [2.05, 4.69) is 0 Å². The summed E-state index contributed by atoms with van der Waals surface area (Å²) in [6.45, 7) is -3.45. The molecule has 0 amide bonds. The minimum absolute atomic E-state index is 0.0123. The molecular weight excluding hydrogens is 490 g/mol. The van der Waals surface area contributed by atoms with Crippen LogP contribution in [-0.2, 0) is 19.2 Å². The highest BCUT2D eigenvalue weighted by Gasteiger charge is 2.21. The first-order valence-electron chi connectivity index (χ1n) is 10.2. The maximum Gasteiger partial charge on any atom is 0.323 e. The van der Waals surface area contributed by atoms with Crippen LogP contribution in [-0.4, -0.2) is 83.7 Å². The average Bonchev–Trinajstić information content (AvgIpc) is 2.74. The van der Waals surface area contributed by atoms with Crippen molar-refractivity contribution in [2.75, 3.05) is 49.2 Å². The Morgan fingerprint density at radius 3 is 1.19 bits per heavy atom. The van der Waals surface area contributed by atoms with Gasteiger partial charge in [0.05, 0.1) is 11.4 Å². The van der Waals surface area contributed by atoms with Crippen molar-refractivity contribution >= 4 is 35.3 Å². The molecule has 0 spiro atoms. The number of anilines is 2. The Bertz CT molecular complexity index is 1010. The van der Waals surface area contributed by atoms with Gasteiger partial charge in [0, 0.05) is 12.1 Å². The molecule has 0 radical (unpaired) electrons. The van der Waals surface area contributed by atoms with Crippen LogP contribution >= 0.6 is 0 Å². The monoisotopic (exact) mass is 512 g/mol.